The van der Waals surface area contributed by atoms with E-state index in [0.29, 0.717) is 11.6 Å². The van der Waals surface area contributed by atoms with Gasteiger partial charge in [-0.05, 0) is 25.1 Å². The molecule has 1 aromatic heterocycles. The molecule has 4 nitrogen and oxygen atoms in total. The summed E-state index contributed by atoms with van der Waals surface area (Å²) in [6.07, 6.45) is 0. The van der Waals surface area contributed by atoms with Crippen molar-refractivity contribution in [2.45, 2.75) is 13.5 Å². The lowest BCUT2D eigenvalue weighted by atomic mass is 10.3. The molecule has 0 radical (unpaired) electrons. The van der Waals surface area contributed by atoms with Gasteiger partial charge in [-0.25, -0.2) is 0 Å². The number of halogens is 1. The Labute approximate surface area is 98.8 Å². The van der Waals surface area contributed by atoms with Gasteiger partial charge in [-0.15, -0.1) is 10.2 Å². The van der Waals surface area contributed by atoms with Crippen LogP contribution >= 0.6 is 11.6 Å². The van der Waals surface area contributed by atoms with Crippen molar-refractivity contribution in [3.8, 4) is 5.75 Å². The van der Waals surface area contributed by atoms with Crippen molar-refractivity contribution in [1.29, 1.82) is 0 Å². The highest BCUT2D eigenvalue weighted by Crippen LogP contribution is 2.17. The largest absolute Gasteiger partial charge is 0.486 e. The molecule has 0 atom stereocenters. The fourth-order valence-corrected chi connectivity index (χ4v) is 1.46. The van der Waals surface area contributed by atoms with E-state index in [9.17, 15) is 0 Å². The fraction of sp³-hybridized carbons (Fsp3) is 0.273. The first-order valence-corrected chi connectivity index (χ1v) is 5.28. The molecule has 2 aromatic rings. The molecule has 2 rings (SSSR count). The lowest BCUT2D eigenvalue weighted by Crippen LogP contribution is -2.04. The SMILES string of the molecule is Cc1nnc(COc2cccc(Cl)c2)n1C. The third-order valence-corrected chi connectivity index (χ3v) is 2.58. The highest BCUT2D eigenvalue weighted by Gasteiger charge is 2.05. The number of hydrogen-bond donors (Lipinski definition) is 0. The topological polar surface area (TPSA) is 39.9 Å². The smallest absolute Gasteiger partial charge is 0.170 e. The van der Waals surface area contributed by atoms with Gasteiger partial charge in [-0.1, -0.05) is 17.7 Å². The number of hydrogen-bond acceptors (Lipinski definition) is 3. The average Bonchev–Trinajstić information content (AvgIpc) is 2.57. The van der Waals surface area contributed by atoms with Crippen LogP contribution in [0.1, 0.15) is 11.6 Å². The Morgan fingerprint density at radius 1 is 1.38 bits per heavy atom. The molecule has 0 aliphatic carbocycles. The van der Waals surface area contributed by atoms with Crippen LogP contribution in [-0.2, 0) is 13.7 Å². The van der Waals surface area contributed by atoms with Gasteiger partial charge in [0.25, 0.3) is 0 Å². The number of rotatable bonds is 3. The maximum absolute atomic E-state index is 5.85. The zero-order valence-corrected chi connectivity index (χ0v) is 9.90. The summed E-state index contributed by atoms with van der Waals surface area (Å²) < 4.78 is 7.45. The van der Waals surface area contributed by atoms with Crippen LogP contribution in [0.4, 0.5) is 0 Å². The molecule has 1 heterocycles. The molecule has 0 aliphatic heterocycles. The van der Waals surface area contributed by atoms with Gasteiger partial charge >= 0.3 is 0 Å². The van der Waals surface area contributed by atoms with Crippen molar-refractivity contribution in [1.82, 2.24) is 14.8 Å². The van der Waals surface area contributed by atoms with Gasteiger partial charge in [0.15, 0.2) is 5.82 Å². The summed E-state index contributed by atoms with van der Waals surface area (Å²) in [6, 6.07) is 7.28. The standard InChI is InChI=1S/C11H12ClN3O/c1-8-13-14-11(15(8)2)7-16-10-5-3-4-9(12)6-10/h3-6H,7H2,1-2H3. The molecule has 0 amide bonds. The number of benzene rings is 1. The second-order valence-corrected chi connectivity index (χ2v) is 3.90. The minimum atomic E-state index is 0.387. The van der Waals surface area contributed by atoms with Gasteiger partial charge in [0.05, 0.1) is 0 Å². The van der Waals surface area contributed by atoms with E-state index >= 15 is 0 Å². The lowest BCUT2D eigenvalue weighted by molar-refractivity contribution is 0.291. The zero-order chi connectivity index (χ0) is 11.5. The Hall–Kier alpha value is -1.55. The van der Waals surface area contributed by atoms with E-state index in [1.54, 1.807) is 12.1 Å². The summed E-state index contributed by atoms with van der Waals surface area (Å²) >= 11 is 5.85. The monoisotopic (exact) mass is 237 g/mol. The maximum atomic E-state index is 5.85. The second-order valence-electron chi connectivity index (χ2n) is 3.47. The molecule has 16 heavy (non-hydrogen) atoms. The van der Waals surface area contributed by atoms with Crippen LogP contribution in [0.2, 0.25) is 5.02 Å². The van der Waals surface area contributed by atoms with Crippen LogP contribution in [0.15, 0.2) is 24.3 Å². The predicted molar refractivity (Wildman–Crippen MR) is 61.5 cm³/mol. The predicted octanol–water partition coefficient (Wildman–Crippen LogP) is 2.36. The highest BCUT2D eigenvalue weighted by molar-refractivity contribution is 6.30. The fourth-order valence-electron chi connectivity index (χ4n) is 1.28. The van der Waals surface area contributed by atoms with E-state index in [2.05, 4.69) is 10.2 Å². The number of aryl methyl sites for hydroxylation is 1. The Bertz CT molecular complexity index is 496. The normalized spacial score (nSPS) is 10.4. The molecule has 0 aliphatic rings. The van der Waals surface area contributed by atoms with Gasteiger partial charge < -0.3 is 9.30 Å². The minimum Gasteiger partial charge on any atom is -0.486 e. The Morgan fingerprint density at radius 2 is 2.19 bits per heavy atom. The Kier molecular flexibility index (Phi) is 3.10. The van der Waals surface area contributed by atoms with E-state index in [1.165, 1.54) is 0 Å². The molecular weight excluding hydrogens is 226 g/mol. The van der Waals surface area contributed by atoms with Gasteiger partial charge in [0.2, 0.25) is 0 Å². The first kappa shape index (κ1) is 11.0. The van der Waals surface area contributed by atoms with E-state index in [0.717, 1.165) is 17.4 Å². The first-order valence-electron chi connectivity index (χ1n) is 4.90. The average molecular weight is 238 g/mol. The van der Waals surface area contributed by atoms with E-state index in [4.69, 9.17) is 16.3 Å². The number of aromatic nitrogens is 3. The zero-order valence-electron chi connectivity index (χ0n) is 9.14. The van der Waals surface area contributed by atoms with Gasteiger partial charge in [0.1, 0.15) is 18.2 Å². The summed E-state index contributed by atoms with van der Waals surface area (Å²) in [7, 11) is 1.91. The van der Waals surface area contributed by atoms with E-state index in [-0.39, 0.29) is 0 Å². The maximum Gasteiger partial charge on any atom is 0.170 e. The molecule has 0 saturated carbocycles. The third-order valence-electron chi connectivity index (χ3n) is 2.35. The number of ether oxygens (including phenoxy) is 1. The van der Waals surface area contributed by atoms with Crippen molar-refractivity contribution in [2.24, 2.45) is 7.05 Å². The Morgan fingerprint density at radius 3 is 2.81 bits per heavy atom. The summed E-state index contributed by atoms with van der Waals surface area (Å²) in [5, 5.41) is 8.62. The van der Waals surface area contributed by atoms with Crippen LogP contribution in [0.5, 0.6) is 5.75 Å². The van der Waals surface area contributed by atoms with Crippen LogP contribution < -0.4 is 4.74 Å². The van der Waals surface area contributed by atoms with Crippen LogP contribution in [-0.4, -0.2) is 14.8 Å². The van der Waals surface area contributed by atoms with Crippen molar-refractivity contribution < 1.29 is 4.74 Å². The first-order chi connectivity index (χ1) is 7.66. The number of nitrogens with zero attached hydrogens (tertiary/aromatic N) is 3. The lowest BCUT2D eigenvalue weighted by Gasteiger charge is -2.05. The molecule has 0 spiro atoms. The third kappa shape index (κ3) is 2.33. The summed E-state index contributed by atoms with van der Waals surface area (Å²) in [5.41, 5.74) is 0. The van der Waals surface area contributed by atoms with Crippen LogP contribution in [0.3, 0.4) is 0 Å². The summed E-state index contributed by atoms with van der Waals surface area (Å²) in [6.45, 7) is 2.29. The van der Waals surface area contributed by atoms with E-state index in [1.807, 2.05) is 30.7 Å². The van der Waals surface area contributed by atoms with E-state index < -0.39 is 0 Å². The van der Waals surface area contributed by atoms with Crippen molar-refractivity contribution >= 4 is 11.6 Å². The van der Waals surface area contributed by atoms with Gasteiger partial charge in [0, 0.05) is 12.1 Å². The quantitative estimate of drug-likeness (QED) is 0.823. The van der Waals surface area contributed by atoms with Crippen molar-refractivity contribution in [3.63, 3.8) is 0 Å². The highest BCUT2D eigenvalue weighted by atomic mass is 35.5. The molecule has 0 N–H and O–H groups in total. The molecule has 0 fully saturated rings. The molecule has 5 heteroatoms. The molecule has 0 unspecified atom stereocenters. The molecule has 0 bridgehead atoms. The second kappa shape index (κ2) is 4.53. The van der Waals surface area contributed by atoms with Crippen LogP contribution in [0.25, 0.3) is 0 Å². The Balaban J connectivity index is 2.05. The van der Waals surface area contributed by atoms with Crippen LogP contribution in [0, 0.1) is 6.92 Å². The van der Waals surface area contributed by atoms with Crippen molar-refractivity contribution in [2.75, 3.05) is 0 Å². The molecule has 0 saturated heterocycles. The summed E-state index contributed by atoms with van der Waals surface area (Å²) in [5.74, 6) is 2.38. The van der Waals surface area contributed by atoms with Crippen molar-refractivity contribution in [3.05, 3.63) is 40.9 Å². The molecule has 1 aromatic carbocycles. The van der Waals surface area contributed by atoms with Gasteiger partial charge in [-0.3, -0.25) is 0 Å². The van der Waals surface area contributed by atoms with Gasteiger partial charge in [-0.2, -0.15) is 0 Å². The minimum absolute atomic E-state index is 0.387. The summed E-state index contributed by atoms with van der Waals surface area (Å²) in [4.78, 5) is 0. The molecular formula is C11H12ClN3O. The molecule has 84 valence electrons.